The molecule has 1 atom stereocenters. The number of benzene rings is 2. The van der Waals surface area contributed by atoms with Crippen LogP contribution in [0.2, 0.25) is 5.02 Å². The Morgan fingerprint density at radius 2 is 1.96 bits per heavy atom. The van der Waals surface area contributed by atoms with Crippen LogP contribution >= 0.6 is 11.6 Å². The largest absolute Gasteiger partial charge is 0.327 e. The first kappa shape index (κ1) is 17.0. The Kier molecular flexibility index (Phi) is 4.72. The smallest absolute Gasteiger partial charge is 0.319 e. The van der Waals surface area contributed by atoms with Gasteiger partial charge in [0, 0.05) is 22.0 Å². The molecule has 3 rings (SSSR count). The van der Waals surface area contributed by atoms with E-state index in [0.717, 1.165) is 0 Å². The molecule has 0 aromatic heterocycles. The van der Waals surface area contributed by atoms with E-state index >= 15 is 0 Å². The third kappa shape index (κ3) is 3.64. The molecule has 0 saturated heterocycles. The van der Waals surface area contributed by atoms with Gasteiger partial charge in [0.15, 0.2) is 0 Å². The van der Waals surface area contributed by atoms with Crippen LogP contribution in [0.1, 0.15) is 18.5 Å². The van der Waals surface area contributed by atoms with Gasteiger partial charge in [-0.3, -0.25) is 4.79 Å². The normalized spacial score (nSPS) is 16.9. The fourth-order valence-corrected chi connectivity index (χ4v) is 2.89. The van der Waals surface area contributed by atoms with E-state index in [0.29, 0.717) is 16.4 Å². The van der Waals surface area contributed by atoms with Crippen molar-refractivity contribution in [3.63, 3.8) is 0 Å². The van der Waals surface area contributed by atoms with E-state index in [2.05, 4.69) is 16.0 Å². The number of anilines is 1. The van der Waals surface area contributed by atoms with E-state index in [1.54, 1.807) is 43.3 Å². The minimum atomic E-state index is -0.894. The van der Waals surface area contributed by atoms with E-state index in [1.165, 1.54) is 12.1 Å². The quantitative estimate of drug-likeness (QED) is 0.781. The van der Waals surface area contributed by atoms with Crippen LogP contribution in [-0.2, 0) is 4.79 Å². The molecule has 2 aromatic carbocycles. The highest BCUT2D eigenvalue weighted by molar-refractivity contribution is 6.31. The van der Waals surface area contributed by atoms with Gasteiger partial charge in [-0.05, 0) is 31.2 Å². The van der Waals surface area contributed by atoms with Crippen LogP contribution < -0.4 is 16.0 Å². The average molecular weight is 360 g/mol. The lowest BCUT2D eigenvalue weighted by Gasteiger charge is -2.28. The van der Waals surface area contributed by atoms with Gasteiger partial charge in [-0.15, -0.1) is 0 Å². The summed E-state index contributed by atoms with van der Waals surface area (Å²) in [6.45, 7) is 1.60. The van der Waals surface area contributed by atoms with Crippen LogP contribution in [0.25, 0.3) is 0 Å². The Bertz CT molecular complexity index is 882. The van der Waals surface area contributed by atoms with Gasteiger partial charge in [-0.2, -0.15) is 0 Å². The van der Waals surface area contributed by atoms with Gasteiger partial charge in [0.05, 0.1) is 11.6 Å². The number of hydrogen-bond acceptors (Lipinski definition) is 2. The molecule has 0 saturated carbocycles. The number of carbonyl (C=O) groups is 2. The van der Waals surface area contributed by atoms with Gasteiger partial charge in [0.1, 0.15) is 5.82 Å². The Morgan fingerprint density at radius 1 is 1.20 bits per heavy atom. The van der Waals surface area contributed by atoms with Gasteiger partial charge in [-0.25, -0.2) is 9.18 Å². The zero-order valence-electron chi connectivity index (χ0n) is 13.3. The number of halogens is 2. The topological polar surface area (TPSA) is 70.2 Å². The van der Waals surface area contributed by atoms with Crippen LogP contribution in [0, 0.1) is 5.82 Å². The van der Waals surface area contributed by atoms with Crippen molar-refractivity contribution in [2.45, 2.75) is 13.0 Å². The zero-order valence-corrected chi connectivity index (χ0v) is 14.0. The molecular weight excluding hydrogens is 345 g/mol. The van der Waals surface area contributed by atoms with Crippen LogP contribution in [0.5, 0.6) is 0 Å². The Labute approximate surface area is 148 Å². The molecule has 2 aromatic rings. The summed E-state index contributed by atoms with van der Waals surface area (Å²) in [6, 6.07) is 11.3. The van der Waals surface area contributed by atoms with Crippen molar-refractivity contribution in [3.05, 3.63) is 76.2 Å². The van der Waals surface area contributed by atoms with Crippen molar-refractivity contribution in [1.29, 1.82) is 0 Å². The molecule has 1 aliphatic rings. The first-order valence-electron chi connectivity index (χ1n) is 7.55. The van der Waals surface area contributed by atoms with Gasteiger partial charge >= 0.3 is 6.03 Å². The van der Waals surface area contributed by atoms with Gasteiger partial charge < -0.3 is 16.0 Å². The molecule has 0 radical (unpaired) electrons. The maximum atomic E-state index is 14.2. The van der Waals surface area contributed by atoms with Crippen LogP contribution in [0.4, 0.5) is 14.9 Å². The Hall–Kier alpha value is -2.86. The van der Waals surface area contributed by atoms with Gasteiger partial charge in [0.2, 0.25) is 0 Å². The van der Waals surface area contributed by atoms with E-state index < -0.39 is 23.8 Å². The maximum Gasteiger partial charge on any atom is 0.319 e. The molecular formula is C18H15ClFN3O2. The predicted molar refractivity (Wildman–Crippen MR) is 93.6 cm³/mol. The van der Waals surface area contributed by atoms with Crippen molar-refractivity contribution < 1.29 is 14.0 Å². The highest BCUT2D eigenvalue weighted by Crippen LogP contribution is 2.29. The van der Waals surface area contributed by atoms with E-state index in [1.807, 2.05) is 0 Å². The molecule has 0 bridgehead atoms. The number of carbonyl (C=O) groups excluding carboxylic acids is 2. The van der Waals surface area contributed by atoms with E-state index in [4.69, 9.17) is 11.6 Å². The molecule has 7 heteroatoms. The number of allylic oxidation sites excluding steroid dienone is 1. The van der Waals surface area contributed by atoms with Crippen molar-refractivity contribution in [2.75, 3.05) is 5.32 Å². The molecule has 0 fully saturated rings. The third-order valence-electron chi connectivity index (χ3n) is 3.81. The van der Waals surface area contributed by atoms with Crippen molar-refractivity contribution in [3.8, 4) is 0 Å². The summed E-state index contributed by atoms with van der Waals surface area (Å²) in [5.41, 5.74) is 1.30. The summed E-state index contributed by atoms with van der Waals surface area (Å²) < 4.78 is 14.2. The molecule has 1 aliphatic heterocycles. The number of urea groups is 1. The number of nitrogens with one attached hydrogen (secondary N) is 3. The van der Waals surface area contributed by atoms with Crippen LogP contribution in [0.15, 0.2) is 59.8 Å². The standard InChI is InChI=1S/C18H15ClFN3O2/c1-10-15(17(24)22-12-6-4-5-11(19)9-12)16(23-18(25)21-10)13-7-2-3-8-14(13)20/h2-9,16H,1H3,(H,22,24)(H2,21,23,25)/t16-/m0/s1. The number of rotatable bonds is 3. The summed E-state index contributed by atoms with van der Waals surface area (Å²) in [4.78, 5) is 24.6. The summed E-state index contributed by atoms with van der Waals surface area (Å²) in [5, 5.41) is 8.34. The third-order valence-corrected chi connectivity index (χ3v) is 4.05. The monoisotopic (exact) mass is 359 g/mol. The molecule has 0 unspecified atom stereocenters. The molecule has 0 spiro atoms. The lowest BCUT2D eigenvalue weighted by atomic mass is 9.94. The molecule has 1 heterocycles. The second-order valence-corrected chi connectivity index (χ2v) is 5.99. The minimum absolute atomic E-state index is 0.216. The fraction of sp³-hybridized carbons (Fsp3) is 0.111. The fourth-order valence-electron chi connectivity index (χ4n) is 2.70. The Morgan fingerprint density at radius 3 is 2.68 bits per heavy atom. The summed E-state index contributed by atoms with van der Waals surface area (Å²) in [5.74, 6) is -0.962. The molecule has 5 nitrogen and oxygen atoms in total. The van der Waals surface area contributed by atoms with Crippen molar-refractivity contribution >= 4 is 29.2 Å². The molecule has 25 heavy (non-hydrogen) atoms. The highest BCUT2D eigenvalue weighted by Gasteiger charge is 2.32. The molecule has 3 N–H and O–H groups in total. The predicted octanol–water partition coefficient (Wildman–Crippen LogP) is 3.75. The zero-order chi connectivity index (χ0) is 18.0. The van der Waals surface area contributed by atoms with Crippen LogP contribution in [0.3, 0.4) is 0 Å². The molecule has 3 amide bonds. The molecule has 0 aliphatic carbocycles. The highest BCUT2D eigenvalue weighted by atomic mass is 35.5. The van der Waals surface area contributed by atoms with Gasteiger partial charge in [0.25, 0.3) is 5.91 Å². The minimum Gasteiger partial charge on any atom is -0.327 e. The summed E-state index contributed by atoms with van der Waals surface area (Å²) >= 11 is 5.92. The lowest BCUT2D eigenvalue weighted by molar-refractivity contribution is -0.113. The second-order valence-electron chi connectivity index (χ2n) is 5.56. The van der Waals surface area contributed by atoms with Crippen LogP contribution in [-0.4, -0.2) is 11.9 Å². The second kappa shape index (κ2) is 6.94. The number of amides is 3. The van der Waals surface area contributed by atoms with E-state index in [9.17, 15) is 14.0 Å². The van der Waals surface area contributed by atoms with Crippen molar-refractivity contribution in [1.82, 2.24) is 10.6 Å². The van der Waals surface area contributed by atoms with E-state index in [-0.39, 0.29) is 11.1 Å². The SMILES string of the molecule is CC1=C(C(=O)Nc2cccc(Cl)c2)[C@H](c2ccccc2F)NC(=O)N1. The first-order chi connectivity index (χ1) is 12.0. The summed E-state index contributed by atoms with van der Waals surface area (Å²) in [6.07, 6.45) is 0. The maximum absolute atomic E-state index is 14.2. The average Bonchev–Trinajstić information content (AvgIpc) is 2.54. The number of hydrogen-bond donors (Lipinski definition) is 3. The summed E-state index contributed by atoms with van der Waals surface area (Å²) in [7, 11) is 0. The lowest BCUT2D eigenvalue weighted by Crippen LogP contribution is -2.46. The molecule has 128 valence electrons. The first-order valence-corrected chi connectivity index (χ1v) is 7.93. The van der Waals surface area contributed by atoms with Gasteiger partial charge in [-0.1, -0.05) is 35.9 Å². The van der Waals surface area contributed by atoms with Crippen molar-refractivity contribution in [2.24, 2.45) is 0 Å². The Balaban J connectivity index is 1.97.